The van der Waals surface area contributed by atoms with Crippen LogP contribution in [0, 0.1) is 11.7 Å². The maximum atomic E-state index is 13.0. The van der Waals surface area contributed by atoms with E-state index >= 15 is 0 Å². The van der Waals surface area contributed by atoms with Crippen LogP contribution in [0.15, 0.2) is 48.5 Å². The third-order valence-corrected chi connectivity index (χ3v) is 4.91. The second-order valence-electron chi connectivity index (χ2n) is 6.56. The van der Waals surface area contributed by atoms with Crippen LogP contribution in [0.1, 0.15) is 18.1 Å². The molecule has 0 saturated carbocycles. The number of hydrogen-bond donors (Lipinski definition) is 1. The smallest absolute Gasteiger partial charge is 0.242 e. The quantitative estimate of drug-likeness (QED) is 0.614. The van der Waals surface area contributed by atoms with E-state index in [1.165, 1.54) is 0 Å². The summed E-state index contributed by atoms with van der Waals surface area (Å²) in [4.78, 5) is 14.8. The van der Waals surface area contributed by atoms with Crippen molar-refractivity contribution in [2.75, 3.05) is 13.7 Å². The number of nitrogens with zero attached hydrogens (tertiary/aromatic N) is 3. The molecule has 0 radical (unpaired) electrons. The van der Waals surface area contributed by atoms with Gasteiger partial charge in [-0.05, 0) is 49.8 Å². The second kappa shape index (κ2) is 8.84. The molecule has 3 aromatic rings. The number of likely N-dealkylation sites (N-methyl/N-ethyl adjacent to an activating group) is 1. The number of aryl methyl sites for hydroxylation is 1. The Bertz CT molecular complexity index is 1010. The Balaban J connectivity index is 1.79. The van der Waals surface area contributed by atoms with Gasteiger partial charge in [-0.15, -0.1) is 0 Å². The average Bonchev–Trinajstić information content (AvgIpc) is 3.06. The standard InChI is InChI=1S/C21H24N4O2S/c1-4-24(13-16-8-10-18(27-3)11-9-16)19(26)14-25-20(22-23-21(25)28)17-7-5-6-15(2)12-17/h5-12H,4,13-14H2,1-3H3,(H,23,28). The molecule has 146 valence electrons. The molecule has 0 saturated heterocycles. The summed E-state index contributed by atoms with van der Waals surface area (Å²) in [7, 11) is 1.64. The molecule has 0 atom stereocenters. The normalized spacial score (nSPS) is 10.7. The van der Waals surface area contributed by atoms with Crippen LogP contribution in [-0.2, 0) is 17.9 Å². The van der Waals surface area contributed by atoms with Crippen molar-refractivity contribution in [3.8, 4) is 17.1 Å². The topological polar surface area (TPSA) is 63.1 Å². The Labute approximate surface area is 169 Å². The van der Waals surface area contributed by atoms with Crippen molar-refractivity contribution >= 4 is 18.1 Å². The molecule has 0 spiro atoms. The third-order valence-electron chi connectivity index (χ3n) is 4.59. The summed E-state index contributed by atoms with van der Waals surface area (Å²) in [5, 5.41) is 7.14. The van der Waals surface area contributed by atoms with E-state index in [1.54, 1.807) is 16.6 Å². The minimum absolute atomic E-state index is 0.00952. The van der Waals surface area contributed by atoms with E-state index in [1.807, 2.05) is 62.4 Å². The predicted octanol–water partition coefficient (Wildman–Crippen LogP) is 3.97. The van der Waals surface area contributed by atoms with Crippen molar-refractivity contribution < 1.29 is 9.53 Å². The van der Waals surface area contributed by atoms with Crippen LogP contribution in [0.5, 0.6) is 5.75 Å². The minimum Gasteiger partial charge on any atom is -0.497 e. The van der Waals surface area contributed by atoms with Gasteiger partial charge in [0.05, 0.1) is 7.11 Å². The molecule has 1 heterocycles. The zero-order valence-corrected chi connectivity index (χ0v) is 17.1. The van der Waals surface area contributed by atoms with Crippen molar-refractivity contribution in [2.45, 2.75) is 26.9 Å². The lowest BCUT2D eigenvalue weighted by Crippen LogP contribution is -2.33. The Morgan fingerprint density at radius 3 is 2.64 bits per heavy atom. The summed E-state index contributed by atoms with van der Waals surface area (Å²) in [6.45, 7) is 5.27. The van der Waals surface area contributed by atoms with E-state index in [9.17, 15) is 4.79 Å². The van der Waals surface area contributed by atoms with E-state index in [0.717, 1.165) is 22.4 Å². The molecule has 1 N–H and O–H groups in total. The fraction of sp³-hybridized carbons (Fsp3) is 0.286. The number of H-pyrrole nitrogens is 1. The Morgan fingerprint density at radius 1 is 1.25 bits per heavy atom. The highest BCUT2D eigenvalue weighted by Gasteiger charge is 2.17. The molecule has 1 aromatic heterocycles. The van der Waals surface area contributed by atoms with Crippen molar-refractivity contribution in [1.82, 2.24) is 19.7 Å². The van der Waals surface area contributed by atoms with Crippen LogP contribution >= 0.6 is 12.2 Å². The highest BCUT2D eigenvalue weighted by molar-refractivity contribution is 7.71. The number of carbonyl (C=O) groups excluding carboxylic acids is 1. The van der Waals surface area contributed by atoms with E-state index in [0.29, 0.717) is 23.7 Å². The Kier molecular flexibility index (Phi) is 6.26. The third kappa shape index (κ3) is 4.48. The van der Waals surface area contributed by atoms with Gasteiger partial charge in [-0.25, -0.2) is 0 Å². The zero-order chi connectivity index (χ0) is 20.1. The van der Waals surface area contributed by atoms with Crippen molar-refractivity contribution in [3.63, 3.8) is 0 Å². The van der Waals surface area contributed by atoms with Gasteiger partial charge in [0.1, 0.15) is 12.3 Å². The SMILES string of the molecule is CCN(Cc1ccc(OC)cc1)C(=O)Cn1c(-c2cccc(C)c2)n[nH]c1=S. The first-order valence-corrected chi connectivity index (χ1v) is 9.55. The van der Waals surface area contributed by atoms with Crippen LogP contribution in [-0.4, -0.2) is 39.2 Å². The molecule has 0 aliphatic heterocycles. The van der Waals surface area contributed by atoms with E-state index in [-0.39, 0.29) is 12.5 Å². The van der Waals surface area contributed by atoms with Crippen molar-refractivity contribution in [3.05, 3.63) is 64.4 Å². The molecule has 0 aliphatic rings. The number of rotatable bonds is 7. The minimum atomic E-state index is -0.00952. The maximum Gasteiger partial charge on any atom is 0.242 e. The average molecular weight is 397 g/mol. The first-order chi connectivity index (χ1) is 13.5. The molecule has 0 aliphatic carbocycles. The first-order valence-electron chi connectivity index (χ1n) is 9.14. The molecule has 6 nitrogen and oxygen atoms in total. The van der Waals surface area contributed by atoms with Gasteiger partial charge in [-0.1, -0.05) is 35.9 Å². The van der Waals surface area contributed by atoms with Crippen LogP contribution in [0.25, 0.3) is 11.4 Å². The summed E-state index contributed by atoms with van der Waals surface area (Å²) >= 11 is 5.36. The van der Waals surface area contributed by atoms with E-state index in [2.05, 4.69) is 10.2 Å². The highest BCUT2D eigenvalue weighted by atomic mass is 32.1. The number of amides is 1. The summed E-state index contributed by atoms with van der Waals surface area (Å²) in [5.41, 5.74) is 3.10. The first kappa shape index (κ1) is 19.8. The van der Waals surface area contributed by atoms with Crippen LogP contribution in [0.4, 0.5) is 0 Å². The summed E-state index contributed by atoms with van der Waals surface area (Å²) < 4.78 is 7.38. The van der Waals surface area contributed by atoms with Crippen molar-refractivity contribution in [2.24, 2.45) is 0 Å². The van der Waals surface area contributed by atoms with Gasteiger partial charge in [-0.2, -0.15) is 5.10 Å². The van der Waals surface area contributed by atoms with Gasteiger partial charge in [0.25, 0.3) is 0 Å². The maximum absolute atomic E-state index is 13.0. The number of aromatic amines is 1. The molecule has 7 heteroatoms. The van der Waals surface area contributed by atoms with Crippen LogP contribution in [0.3, 0.4) is 0 Å². The molecule has 2 aromatic carbocycles. The molecule has 0 bridgehead atoms. The summed E-state index contributed by atoms with van der Waals surface area (Å²) in [5.74, 6) is 1.46. The van der Waals surface area contributed by atoms with Crippen LogP contribution < -0.4 is 4.74 Å². The van der Waals surface area contributed by atoms with Gasteiger partial charge in [0.2, 0.25) is 5.91 Å². The zero-order valence-electron chi connectivity index (χ0n) is 16.3. The second-order valence-corrected chi connectivity index (χ2v) is 6.95. The lowest BCUT2D eigenvalue weighted by atomic mass is 10.1. The molecule has 0 unspecified atom stereocenters. The predicted molar refractivity (Wildman–Crippen MR) is 112 cm³/mol. The molecular weight excluding hydrogens is 372 g/mol. The molecule has 3 rings (SSSR count). The number of aromatic nitrogens is 3. The molecule has 0 fully saturated rings. The monoisotopic (exact) mass is 396 g/mol. The lowest BCUT2D eigenvalue weighted by Gasteiger charge is -2.21. The van der Waals surface area contributed by atoms with Gasteiger partial charge < -0.3 is 9.64 Å². The van der Waals surface area contributed by atoms with Gasteiger partial charge >= 0.3 is 0 Å². The van der Waals surface area contributed by atoms with Crippen LogP contribution in [0.2, 0.25) is 0 Å². The molecular formula is C21H24N4O2S. The molecule has 28 heavy (non-hydrogen) atoms. The number of benzene rings is 2. The summed E-state index contributed by atoms with van der Waals surface area (Å²) in [6.07, 6.45) is 0. The van der Waals surface area contributed by atoms with Gasteiger partial charge in [0, 0.05) is 18.7 Å². The highest BCUT2D eigenvalue weighted by Crippen LogP contribution is 2.19. The summed E-state index contributed by atoms with van der Waals surface area (Å²) in [6, 6.07) is 15.7. The largest absolute Gasteiger partial charge is 0.497 e. The fourth-order valence-electron chi connectivity index (χ4n) is 3.03. The number of nitrogens with one attached hydrogen (secondary N) is 1. The Morgan fingerprint density at radius 2 is 2.00 bits per heavy atom. The number of carbonyl (C=O) groups is 1. The van der Waals surface area contributed by atoms with Gasteiger partial charge in [-0.3, -0.25) is 14.5 Å². The van der Waals surface area contributed by atoms with Gasteiger partial charge in [0.15, 0.2) is 10.6 Å². The number of hydrogen-bond acceptors (Lipinski definition) is 4. The lowest BCUT2D eigenvalue weighted by molar-refractivity contribution is -0.132. The number of methoxy groups -OCH3 is 1. The Hall–Kier alpha value is -2.93. The molecule has 1 amide bonds. The van der Waals surface area contributed by atoms with E-state index < -0.39 is 0 Å². The van der Waals surface area contributed by atoms with Crippen molar-refractivity contribution in [1.29, 1.82) is 0 Å². The number of ether oxygens (including phenoxy) is 1. The fourth-order valence-corrected chi connectivity index (χ4v) is 3.23. The van der Waals surface area contributed by atoms with E-state index in [4.69, 9.17) is 17.0 Å².